The normalized spacial score (nSPS) is 21.3. The van der Waals surface area contributed by atoms with Gasteiger partial charge in [-0.15, -0.1) is 0 Å². The van der Waals surface area contributed by atoms with Crippen LogP contribution in [0.3, 0.4) is 0 Å². The maximum absolute atomic E-state index is 3.40. The van der Waals surface area contributed by atoms with Crippen LogP contribution >= 0.6 is 0 Å². The van der Waals surface area contributed by atoms with Gasteiger partial charge in [-0.1, -0.05) is 0 Å². The fourth-order valence-electron chi connectivity index (χ4n) is 7.43. The van der Waals surface area contributed by atoms with E-state index in [9.17, 15) is 0 Å². The second-order valence-corrected chi connectivity index (χ2v) is 47.8. The summed E-state index contributed by atoms with van der Waals surface area (Å²) in [6.45, 7) is 14.7. The first-order valence-corrected chi connectivity index (χ1v) is 29.2. The van der Waals surface area contributed by atoms with E-state index in [1.807, 2.05) is 3.28 Å². The fourth-order valence-corrected chi connectivity index (χ4v) is 48.4. The maximum atomic E-state index is 2.76. The summed E-state index contributed by atoms with van der Waals surface area (Å²) in [7, 11) is 0. The number of hydrogen-bond donors (Lipinski definition) is 0. The Hall–Kier alpha value is -0.914. The molecule has 4 rings (SSSR count). The fraction of sp³-hybridized carbons (Fsp3) is 0.400. The molecule has 2 heteroatoms. The third-order valence-electron chi connectivity index (χ3n) is 8.93. The molecule has 0 aliphatic heterocycles. The van der Waals surface area contributed by atoms with Gasteiger partial charge in [-0.05, 0) is 0 Å². The molecule has 0 fully saturated rings. The molecular formula is C30H40GeZr. The SMILES string of the molecule is CC[CH2][Zr](=[GeH2])([CH2]CC)([C]1=C(C)C(C)=C(C)C1C)[CH]1C=C(c2ccccc2)c2ccccc21. The van der Waals surface area contributed by atoms with Crippen LogP contribution in [0.25, 0.3) is 5.57 Å². The molecule has 0 N–H and O–H groups in total. The van der Waals surface area contributed by atoms with E-state index in [4.69, 9.17) is 0 Å². The average molecular weight is 564 g/mol. The van der Waals surface area contributed by atoms with Crippen LogP contribution in [0.5, 0.6) is 0 Å². The first kappa shape index (κ1) is 24.2. The van der Waals surface area contributed by atoms with Gasteiger partial charge in [-0.2, -0.15) is 0 Å². The van der Waals surface area contributed by atoms with Crippen molar-refractivity contribution in [1.29, 1.82) is 0 Å². The molecule has 2 unspecified atom stereocenters. The van der Waals surface area contributed by atoms with Crippen LogP contribution < -0.4 is 0 Å². The van der Waals surface area contributed by atoms with Crippen molar-refractivity contribution in [2.24, 2.45) is 5.92 Å². The van der Waals surface area contributed by atoms with Gasteiger partial charge in [0.25, 0.3) is 0 Å². The van der Waals surface area contributed by atoms with E-state index in [1.165, 1.54) is 49.9 Å². The summed E-state index contributed by atoms with van der Waals surface area (Å²) in [4.78, 5) is 0. The van der Waals surface area contributed by atoms with Gasteiger partial charge in [0.05, 0.1) is 0 Å². The zero-order chi connectivity index (χ0) is 23.1. The van der Waals surface area contributed by atoms with Crippen molar-refractivity contribution in [3.63, 3.8) is 0 Å². The van der Waals surface area contributed by atoms with E-state index in [0.717, 1.165) is 0 Å². The van der Waals surface area contributed by atoms with Crippen molar-refractivity contribution < 1.29 is 15.7 Å². The van der Waals surface area contributed by atoms with Crippen LogP contribution in [0.1, 0.15) is 74.7 Å². The first-order chi connectivity index (χ1) is 15.3. The third kappa shape index (κ3) is 3.58. The Morgan fingerprint density at radius 1 is 0.812 bits per heavy atom. The molecule has 0 aromatic heterocycles. The molecule has 2 aromatic carbocycles. The molecule has 2 aliphatic rings. The summed E-state index contributed by atoms with van der Waals surface area (Å²) in [5.74, 6) is 0.633. The van der Waals surface area contributed by atoms with Crippen molar-refractivity contribution in [2.75, 3.05) is 0 Å². The van der Waals surface area contributed by atoms with Gasteiger partial charge in [-0.3, -0.25) is 0 Å². The van der Waals surface area contributed by atoms with Crippen LogP contribution in [0.4, 0.5) is 0 Å². The minimum atomic E-state index is -3.40. The molecular weight excluding hydrogens is 524 g/mol. The summed E-state index contributed by atoms with van der Waals surface area (Å²) >= 11 is -1.89. The van der Waals surface area contributed by atoms with E-state index in [2.05, 4.69) is 102 Å². The number of rotatable bonds is 7. The molecule has 0 heterocycles. The standard InChI is InChI=1S/C15H11.C9H13.2C3H7.GeH2.Zr/c1-2-6-12(7-3-1)15-11-10-13-8-4-5-9-14(13)15;1-6-5-7(2)9(4)8(6)3;2*1-3-2;;/h1-11H;6H,1-4H3;2*1,3H2,2H3;1H2;. The summed E-state index contributed by atoms with van der Waals surface area (Å²) in [6, 6.07) is 20.5. The Morgan fingerprint density at radius 3 is 1.97 bits per heavy atom. The monoisotopic (exact) mass is 564 g/mol. The minimum absolute atomic E-state index is 0.633. The van der Waals surface area contributed by atoms with E-state index in [1.54, 1.807) is 22.3 Å². The number of hydrogen-bond acceptors (Lipinski definition) is 0. The second kappa shape index (κ2) is 9.03. The molecule has 0 amide bonds. The van der Waals surface area contributed by atoms with E-state index in [-0.39, 0.29) is 0 Å². The van der Waals surface area contributed by atoms with Crippen molar-refractivity contribution in [3.05, 3.63) is 97.4 Å². The van der Waals surface area contributed by atoms with Gasteiger partial charge in [-0.25, -0.2) is 0 Å². The molecule has 0 spiro atoms. The third-order valence-corrected chi connectivity index (χ3v) is 47.2. The molecule has 2 aliphatic carbocycles. The van der Waals surface area contributed by atoms with Crippen LogP contribution in [0.2, 0.25) is 8.26 Å². The molecule has 0 saturated carbocycles. The van der Waals surface area contributed by atoms with E-state index in [0.29, 0.717) is 9.54 Å². The van der Waals surface area contributed by atoms with Crippen molar-refractivity contribution in [3.8, 4) is 0 Å². The van der Waals surface area contributed by atoms with Crippen LogP contribution in [-0.4, -0.2) is 12.1 Å². The van der Waals surface area contributed by atoms with Gasteiger partial charge in [0, 0.05) is 0 Å². The molecule has 2 aromatic rings. The Bertz CT molecular complexity index is 1180. The summed E-state index contributed by atoms with van der Waals surface area (Å²) in [5.41, 5.74) is 10.9. The predicted octanol–water partition coefficient (Wildman–Crippen LogP) is 8.33. The van der Waals surface area contributed by atoms with Crippen LogP contribution in [-0.2, 0) is 15.7 Å². The van der Waals surface area contributed by atoms with Crippen LogP contribution in [0, 0.1) is 5.92 Å². The molecule has 2 atom stereocenters. The number of benzene rings is 2. The summed E-state index contributed by atoms with van der Waals surface area (Å²) in [6.07, 6.45) is 5.40. The topological polar surface area (TPSA) is 0 Å². The number of fused-ring (bicyclic) bond motifs is 1. The van der Waals surface area contributed by atoms with Crippen molar-refractivity contribution in [1.82, 2.24) is 0 Å². The zero-order valence-electron chi connectivity index (χ0n) is 21.0. The molecule has 0 nitrogen and oxygen atoms in total. The first-order valence-electron chi connectivity index (χ1n) is 12.6. The molecule has 168 valence electrons. The Balaban J connectivity index is 2.04. The summed E-state index contributed by atoms with van der Waals surface area (Å²) < 4.78 is 5.57. The van der Waals surface area contributed by atoms with Gasteiger partial charge < -0.3 is 0 Å². The van der Waals surface area contributed by atoms with Crippen molar-refractivity contribution in [2.45, 2.75) is 66.3 Å². The van der Waals surface area contributed by atoms with Crippen molar-refractivity contribution >= 4 is 17.7 Å². The van der Waals surface area contributed by atoms with Crippen LogP contribution in [0.15, 0.2) is 80.7 Å². The predicted molar refractivity (Wildman–Crippen MR) is 142 cm³/mol. The Kier molecular flexibility index (Phi) is 6.84. The quantitative estimate of drug-likeness (QED) is 0.297. The molecule has 0 radical (unpaired) electrons. The van der Waals surface area contributed by atoms with Gasteiger partial charge >= 0.3 is 203 Å². The van der Waals surface area contributed by atoms with Gasteiger partial charge in [0.2, 0.25) is 0 Å². The zero-order valence-corrected chi connectivity index (χ0v) is 26.4. The second-order valence-electron chi connectivity index (χ2n) is 10.6. The molecule has 32 heavy (non-hydrogen) atoms. The average Bonchev–Trinajstić information content (AvgIpc) is 3.28. The Labute approximate surface area is 201 Å². The summed E-state index contributed by atoms with van der Waals surface area (Å²) in [5, 5.41) is 0. The Morgan fingerprint density at radius 2 is 1.41 bits per heavy atom. The van der Waals surface area contributed by atoms with Gasteiger partial charge in [0.1, 0.15) is 0 Å². The molecule has 0 bridgehead atoms. The number of allylic oxidation sites excluding steroid dienone is 5. The molecule has 0 saturated heterocycles. The van der Waals surface area contributed by atoms with E-state index < -0.39 is 15.7 Å². The van der Waals surface area contributed by atoms with E-state index >= 15 is 0 Å². The van der Waals surface area contributed by atoms with Gasteiger partial charge in [0.15, 0.2) is 0 Å².